The molecule has 0 aliphatic carbocycles. The highest BCUT2D eigenvalue weighted by Gasteiger charge is 1.95. The molecule has 0 aromatic carbocycles. The first kappa shape index (κ1) is 10.8. The summed E-state index contributed by atoms with van der Waals surface area (Å²) in [5.74, 6) is 0. The molecular weight excluding hydrogens is 176 g/mol. The third-order valence-electron chi connectivity index (χ3n) is 0.789. The van der Waals surface area contributed by atoms with Crippen LogP contribution in [0.3, 0.4) is 0 Å². The molecule has 68 valence electrons. The van der Waals surface area contributed by atoms with Gasteiger partial charge >= 0.3 is 10.4 Å². The minimum absolute atomic E-state index is 0.778. The Hall–Kier alpha value is -0.210. The Labute approximate surface area is 64.6 Å². The Balaban J connectivity index is 0.000000187. The van der Waals surface area contributed by atoms with Crippen LogP contribution in [-0.4, -0.2) is 30.7 Å². The van der Waals surface area contributed by atoms with E-state index in [0.717, 1.165) is 26.1 Å². The van der Waals surface area contributed by atoms with Crippen LogP contribution in [0.15, 0.2) is 0 Å². The van der Waals surface area contributed by atoms with Crippen LogP contribution < -0.4 is 0 Å². The molecule has 0 spiro atoms. The Bertz CT molecular complexity index is 150. The molecule has 11 heavy (non-hydrogen) atoms. The van der Waals surface area contributed by atoms with Gasteiger partial charge in [0.05, 0.1) is 13.2 Å². The second kappa shape index (κ2) is 5.44. The predicted octanol–water partition coefficient (Wildman–Crippen LogP) is 0.0756. The lowest BCUT2D eigenvalue weighted by atomic mass is 10.3. The molecule has 1 rings (SSSR count). The Morgan fingerprint density at radius 1 is 1.00 bits per heavy atom. The average molecular weight is 186 g/mol. The number of rotatable bonds is 0. The summed E-state index contributed by atoms with van der Waals surface area (Å²) in [7, 11) is -4.67. The van der Waals surface area contributed by atoms with Gasteiger partial charge in [0, 0.05) is 0 Å². The van der Waals surface area contributed by atoms with Crippen molar-refractivity contribution in [2.45, 2.75) is 12.8 Å². The van der Waals surface area contributed by atoms with Gasteiger partial charge in [0.15, 0.2) is 0 Å². The molecule has 0 amide bonds. The van der Waals surface area contributed by atoms with Gasteiger partial charge in [-0.15, -0.1) is 0 Å². The molecule has 6 nitrogen and oxygen atoms in total. The number of hydrogen-bond acceptors (Lipinski definition) is 4. The predicted molar refractivity (Wildman–Crippen MR) is 35.3 cm³/mol. The lowest BCUT2D eigenvalue weighted by Gasteiger charge is -2.07. The number of hydrogen-bond donors (Lipinski definition) is 2. The van der Waals surface area contributed by atoms with Crippen molar-refractivity contribution in [3.63, 3.8) is 0 Å². The summed E-state index contributed by atoms with van der Waals surface area (Å²) in [5, 5.41) is 0. The maximum atomic E-state index is 8.74. The molecule has 0 saturated carbocycles. The molecule has 0 aromatic rings. The molecule has 2 N–H and O–H groups in total. The summed E-state index contributed by atoms with van der Waals surface area (Å²) < 4.78 is 31.6. The van der Waals surface area contributed by atoms with Gasteiger partial charge in [0.2, 0.25) is 0 Å². The molecule has 7 heteroatoms. The second-order valence-corrected chi connectivity index (χ2v) is 2.69. The second-order valence-electron chi connectivity index (χ2n) is 1.80. The first-order valence-electron chi connectivity index (χ1n) is 2.94. The van der Waals surface area contributed by atoms with E-state index in [1.54, 1.807) is 0 Å². The lowest BCUT2D eigenvalue weighted by Crippen LogP contribution is -2.05. The van der Waals surface area contributed by atoms with Crippen LogP contribution >= 0.6 is 0 Å². The van der Waals surface area contributed by atoms with E-state index in [4.69, 9.17) is 17.5 Å². The van der Waals surface area contributed by atoms with E-state index >= 15 is 0 Å². The molecule has 0 unspecified atom stereocenters. The van der Waals surface area contributed by atoms with Crippen molar-refractivity contribution in [3.05, 3.63) is 0 Å². The summed E-state index contributed by atoms with van der Waals surface area (Å²) in [6, 6.07) is 0. The smallest absolute Gasteiger partial charge is 0.264 e. The van der Waals surface area contributed by atoms with E-state index in [9.17, 15) is 0 Å². The van der Waals surface area contributed by atoms with E-state index in [2.05, 4.69) is 9.78 Å². The van der Waals surface area contributed by atoms with E-state index in [1.165, 1.54) is 0 Å². The van der Waals surface area contributed by atoms with Gasteiger partial charge in [-0.2, -0.15) is 8.42 Å². The minimum Gasteiger partial charge on any atom is -0.264 e. The highest BCUT2D eigenvalue weighted by molar-refractivity contribution is 7.79. The van der Waals surface area contributed by atoms with E-state index in [0.29, 0.717) is 0 Å². The quantitative estimate of drug-likeness (QED) is 0.411. The third-order valence-corrected chi connectivity index (χ3v) is 0.789. The zero-order valence-corrected chi connectivity index (χ0v) is 6.58. The topological polar surface area (TPSA) is 93.1 Å². The van der Waals surface area contributed by atoms with Crippen LogP contribution in [0.1, 0.15) is 12.8 Å². The van der Waals surface area contributed by atoms with Crippen LogP contribution in [0.2, 0.25) is 0 Å². The molecule has 1 aliphatic rings. The van der Waals surface area contributed by atoms with E-state index < -0.39 is 10.4 Å². The zero-order valence-electron chi connectivity index (χ0n) is 5.76. The molecule has 1 aliphatic heterocycles. The van der Waals surface area contributed by atoms with Gasteiger partial charge in [-0.25, -0.2) is 9.78 Å². The fourth-order valence-corrected chi connectivity index (χ4v) is 0.440. The normalized spacial score (nSPS) is 18.4. The van der Waals surface area contributed by atoms with Crippen molar-refractivity contribution in [3.8, 4) is 0 Å². The first-order chi connectivity index (χ1) is 5.00. The summed E-state index contributed by atoms with van der Waals surface area (Å²) >= 11 is 0. The van der Waals surface area contributed by atoms with Crippen molar-refractivity contribution in [1.82, 2.24) is 0 Å². The highest BCUT2D eigenvalue weighted by atomic mass is 32.3. The van der Waals surface area contributed by atoms with Crippen LogP contribution in [-0.2, 0) is 20.2 Å². The average Bonchev–Trinajstić information content (AvgIpc) is 1.88. The van der Waals surface area contributed by atoms with Crippen LogP contribution in [0.5, 0.6) is 0 Å². The van der Waals surface area contributed by atoms with Gasteiger partial charge in [-0.05, 0) is 12.8 Å². The molecule has 0 aromatic heterocycles. The summed E-state index contributed by atoms with van der Waals surface area (Å²) in [4.78, 5) is 9.14. The van der Waals surface area contributed by atoms with Crippen molar-refractivity contribution in [2.75, 3.05) is 13.2 Å². The molecule has 0 bridgehead atoms. The van der Waals surface area contributed by atoms with Crippen molar-refractivity contribution < 1.29 is 27.3 Å². The SMILES string of the molecule is C1CCOOC1.O=S(=O)(O)O. The van der Waals surface area contributed by atoms with Crippen molar-refractivity contribution in [2.24, 2.45) is 0 Å². The first-order valence-corrected chi connectivity index (χ1v) is 4.34. The molecule has 1 heterocycles. The largest absolute Gasteiger partial charge is 0.394 e. The highest BCUT2D eigenvalue weighted by Crippen LogP contribution is 1.97. The Morgan fingerprint density at radius 3 is 1.36 bits per heavy atom. The van der Waals surface area contributed by atoms with E-state index in [-0.39, 0.29) is 0 Å². The van der Waals surface area contributed by atoms with Gasteiger partial charge < -0.3 is 0 Å². The fourth-order valence-electron chi connectivity index (χ4n) is 0.440. The maximum absolute atomic E-state index is 8.74. The van der Waals surface area contributed by atoms with Crippen molar-refractivity contribution >= 4 is 10.4 Å². The fraction of sp³-hybridized carbons (Fsp3) is 1.00. The molecule has 1 fully saturated rings. The molecular formula is C4H10O6S. The van der Waals surface area contributed by atoms with Crippen LogP contribution in [0.4, 0.5) is 0 Å². The van der Waals surface area contributed by atoms with Crippen molar-refractivity contribution in [1.29, 1.82) is 0 Å². The van der Waals surface area contributed by atoms with Crippen LogP contribution in [0, 0.1) is 0 Å². The maximum Gasteiger partial charge on any atom is 0.394 e. The molecule has 0 atom stereocenters. The Morgan fingerprint density at radius 2 is 1.27 bits per heavy atom. The summed E-state index contributed by atoms with van der Waals surface area (Å²) in [5.41, 5.74) is 0. The third kappa shape index (κ3) is 17.7. The van der Waals surface area contributed by atoms with Crippen LogP contribution in [0.25, 0.3) is 0 Å². The standard InChI is InChI=1S/C4H8O2.H2O4S/c1-2-4-6-5-3-1;1-5(2,3)4/h1-4H2;(H2,1,2,3,4). The Kier molecular flexibility index (Phi) is 5.34. The van der Waals surface area contributed by atoms with Gasteiger partial charge in [0.25, 0.3) is 0 Å². The molecule has 1 saturated heterocycles. The summed E-state index contributed by atoms with van der Waals surface area (Å²) in [6.45, 7) is 1.56. The molecule has 0 radical (unpaired) electrons. The van der Waals surface area contributed by atoms with Gasteiger partial charge in [-0.1, -0.05) is 0 Å². The minimum atomic E-state index is -4.67. The summed E-state index contributed by atoms with van der Waals surface area (Å²) in [6.07, 6.45) is 2.31. The van der Waals surface area contributed by atoms with Gasteiger partial charge in [-0.3, -0.25) is 9.11 Å². The van der Waals surface area contributed by atoms with Gasteiger partial charge in [0.1, 0.15) is 0 Å². The monoisotopic (exact) mass is 186 g/mol. The zero-order chi connectivity index (χ0) is 8.74. The van der Waals surface area contributed by atoms with E-state index in [1.807, 2.05) is 0 Å². The lowest BCUT2D eigenvalue weighted by molar-refractivity contribution is -0.312.